The lowest BCUT2D eigenvalue weighted by Crippen LogP contribution is -3.00. The zero-order valence-electron chi connectivity index (χ0n) is 34.2. The molecule has 292 valence electrons. The van der Waals surface area contributed by atoms with Crippen LogP contribution in [-0.2, 0) is 0 Å². The monoisotopic (exact) mass is 709 g/mol. The molecule has 0 spiro atoms. The lowest BCUT2D eigenvalue weighted by atomic mass is 9.01. The Hall–Kier alpha value is -0.260. The van der Waals surface area contributed by atoms with Gasteiger partial charge in [0.1, 0.15) is 0 Å². The molecule has 0 aromatic heterocycles. The van der Waals surface area contributed by atoms with E-state index >= 15 is 0 Å². The van der Waals surface area contributed by atoms with Gasteiger partial charge in [0.15, 0.2) is 0 Å². The van der Waals surface area contributed by atoms with Crippen LogP contribution < -0.4 is 0 Å². The summed E-state index contributed by atoms with van der Waals surface area (Å²) in [7, 11) is 0. The molecule has 17 rings (SSSR count). The zero-order chi connectivity index (χ0) is 34.4. The maximum Gasteiger partial charge on any atom is -0.0228 e. The van der Waals surface area contributed by atoms with Crippen molar-refractivity contribution in [2.24, 2.45) is 107 Å². The summed E-state index contributed by atoms with van der Waals surface area (Å²) >= 11 is 0. The van der Waals surface area contributed by atoms with Crippen molar-refractivity contribution in [2.45, 2.75) is 205 Å². The third kappa shape index (κ3) is 6.41. The van der Waals surface area contributed by atoms with Crippen molar-refractivity contribution >= 4 is 0 Å². The second-order valence-electron chi connectivity index (χ2n) is 22.4. The molecule has 0 radical (unpaired) electrons. The van der Waals surface area contributed by atoms with E-state index < -0.39 is 0 Å². The van der Waals surface area contributed by atoms with Gasteiger partial charge in [-0.05, 0) is 145 Å². The summed E-state index contributed by atoms with van der Waals surface area (Å²) in [5, 5.41) is 0. The summed E-state index contributed by atoms with van der Waals surface area (Å²) in [5.41, 5.74) is 0. The Morgan fingerprint density at radius 1 is 0.192 bits per heavy atom. The molecule has 0 N–H and O–H groups in total. The first-order valence-corrected chi connectivity index (χ1v) is 25.6. The second kappa shape index (κ2) is 16.3. The number of hydrogen-bond acceptors (Lipinski definition) is 0. The van der Waals surface area contributed by atoms with Gasteiger partial charge in [0.25, 0.3) is 0 Å². The maximum absolute atomic E-state index is 2.38. The molecule has 0 aromatic carbocycles. The SMILES string of the molecule is C12C3C4C1C1C2C3C41.C1=CC2CCC1C2.C1C2C3CC4C5CC3C1C5C24.C1CCCC1.C1CCCCC1.C1CCCCCC1.C1CCCCCCC1. The molecular formula is C52H84. The maximum atomic E-state index is 2.38. The van der Waals surface area contributed by atoms with E-state index in [1.165, 1.54) is 281 Å². The summed E-state index contributed by atoms with van der Waals surface area (Å²) in [5.74, 6) is 22.8. The number of allylic oxidation sites excluding steroid dienone is 2. The largest absolute Gasteiger partial charge is 0.0851 e. The minimum atomic E-state index is 0.991. The molecule has 17 aliphatic carbocycles. The van der Waals surface area contributed by atoms with Crippen LogP contribution in [0, 0.1) is 107 Å². The Labute approximate surface area is 323 Å². The molecule has 10 atom stereocenters. The van der Waals surface area contributed by atoms with Gasteiger partial charge in [0.2, 0.25) is 0 Å². The summed E-state index contributed by atoms with van der Waals surface area (Å²) < 4.78 is 0. The average Bonchev–Trinajstić information content (AvgIpc) is 4.05. The van der Waals surface area contributed by atoms with Gasteiger partial charge >= 0.3 is 0 Å². The van der Waals surface area contributed by atoms with E-state index in [4.69, 9.17) is 0 Å². The fraction of sp³-hybridized carbons (Fsp3) is 0.962. The van der Waals surface area contributed by atoms with Crippen molar-refractivity contribution in [1.82, 2.24) is 0 Å². The third-order valence-corrected chi connectivity index (χ3v) is 20.3. The van der Waals surface area contributed by atoms with E-state index in [0.29, 0.717) is 0 Å². The van der Waals surface area contributed by atoms with Crippen molar-refractivity contribution in [1.29, 1.82) is 0 Å². The molecule has 52 heavy (non-hydrogen) atoms. The van der Waals surface area contributed by atoms with Gasteiger partial charge in [-0.15, -0.1) is 0 Å². The van der Waals surface area contributed by atoms with Gasteiger partial charge < -0.3 is 0 Å². The Balaban J connectivity index is 0.0000000771. The van der Waals surface area contributed by atoms with E-state index in [1.807, 2.05) is 0 Å². The first-order valence-electron chi connectivity index (χ1n) is 25.6. The van der Waals surface area contributed by atoms with E-state index in [-0.39, 0.29) is 0 Å². The molecule has 0 amide bonds. The van der Waals surface area contributed by atoms with Crippen LogP contribution in [0.4, 0.5) is 0 Å². The van der Waals surface area contributed by atoms with Gasteiger partial charge in [-0.2, -0.15) is 0 Å². The molecule has 16 saturated carbocycles. The Bertz CT molecular complexity index is 932. The van der Waals surface area contributed by atoms with E-state index in [9.17, 15) is 0 Å². The van der Waals surface area contributed by atoms with E-state index in [0.717, 1.165) is 11.8 Å². The van der Waals surface area contributed by atoms with Crippen LogP contribution in [0.15, 0.2) is 12.2 Å². The molecule has 17 aliphatic rings. The first kappa shape index (κ1) is 36.1. The lowest BCUT2D eigenvalue weighted by molar-refractivity contribution is -0.565. The third-order valence-electron chi connectivity index (χ3n) is 20.3. The topological polar surface area (TPSA) is 0 Å². The van der Waals surface area contributed by atoms with Crippen molar-refractivity contribution in [3.05, 3.63) is 12.2 Å². The number of rotatable bonds is 0. The number of fused-ring (bicyclic) bond motifs is 4. The summed E-state index contributed by atoms with van der Waals surface area (Å²) in [6.07, 6.45) is 53.2. The normalized spacial score (nSPS) is 52.8. The lowest BCUT2D eigenvalue weighted by Gasteiger charge is -3.03. The Morgan fingerprint density at radius 3 is 0.558 bits per heavy atom. The Kier molecular flexibility index (Phi) is 11.3. The van der Waals surface area contributed by atoms with Crippen molar-refractivity contribution in [3.8, 4) is 0 Å². The van der Waals surface area contributed by atoms with Gasteiger partial charge in [-0.25, -0.2) is 0 Å². The molecular weight excluding hydrogens is 625 g/mol. The van der Waals surface area contributed by atoms with Crippen molar-refractivity contribution in [3.63, 3.8) is 0 Å². The van der Waals surface area contributed by atoms with Crippen molar-refractivity contribution < 1.29 is 0 Å². The average molecular weight is 709 g/mol. The second-order valence-corrected chi connectivity index (χ2v) is 22.4. The Morgan fingerprint density at radius 2 is 0.385 bits per heavy atom. The van der Waals surface area contributed by atoms with E-state index in [1.54, 1.807) is 19.3 Å². The minimum absolute atomic E-state index is 0.991. The van der Waals surface area contributed by atoms with Crippen molar-refractivity contribution in [2.75, 3.05) is 0 Å². The molecule has 0 aromatic rings. The zero-order valence-corrected chi connectivity index (χ0v) is 34.2. The van der Waals surface area contributed by atoms with Crippen LogP contribution in [0.1, 0.15) is 205 Å². The highest BCUT2D eigenvalue weighted by Gasteiger charge is 2.97. The molecule has 10 unspecified atom stereocenters. The molecule has 0 heterocycles. The standard InChI is InChI=1S/C11H14.C8H8.C8H16.C7H10.C7H14.C6H12.C5H10/c1-4-5-2-9-8(1)10-6(4)3-7(5)11(9)10;1-2-5-3(1)7-4(1)6(2)8(5)7;1-2-4-6-8-7-5-3-1;1-2-7-4-3-6(1)5-7;1-2-4-6-7-5-3-1;1-2-4-6-5-3-1;1-2-4-5-3-1/h4-11H,1-3H2;1-8H;1-8H2;1-2,6-7H,3-5H2;1-7H2;1-6H2;1-5H2. The number of hydrogen-bond donors (Lipinski definition) is 0. The molecule has 0 nitrogen and oxygen atoms in total. The molecule has 0 heteroatoms. The molecule has 16 fully saturated rings. The fourth-order valence-corrected chi connectivity index (χ4v) is 18.0. The van der Waals surface area contributed by atoms with Crippen LogP contribution in [0.2, 0.25) is 0 Å². The first-order chi connectivity index (χ1) is 25.9. The smallest absolute Gasteiger partial charge is 0.0228 e. The predicted octanol–water partition coefficient (Wildman–Crippen LogP) is 15.3. The summed E-state index contributed by atoms with van der Waals surface area (Å²) in [4.78, 5) is 0. The van der Waals surface area contributed by atoms with Gasteiger partial charge in [-0.3, -0.25) is 0 Å². The van der Waals surface area contributed by atoms with Crippen LogP contribution in [0.3, 0.4) is 0 Å². The highest BCUT2D eigenvalue weighted by Crippen LogP contribution is 3.00. The molecule has 0 saturated heterocycles. The minimum Gasteiger partial charge on any atom is -0.0851 e. The van der Waals surface area contributed by atoms with Crippen LogP contribution in [-0.4, -0.2) is 0 Å². The highest BCUT2D eigenvalue weighted by atomic mass is 15.0. The van der Waals surface area contributed by atoms with Crippen LogP contribution in [0.5, 0.6) is 0 Å². The predicted molar refractivity (Wildman–Crippen MR) is 220 cm³/mol. The molecule has 4 bridgehead atoms. The van der Waals surface area contributed by atoms with Crippen LogP contribution >= 0.6 is 0 Å². The fourth-order valence-electron chi connectivity index (χ4n) is 18.0. The quantitative estimate of drug-likeness (QED) is 0.174. The summed E-state index contributed by atoms with van der Waals surface area (Å²) in [6.45, 7) is 0. The highest BCUT2D eigenvalue weighted by molar-refractivity contribution is 5.44. The van der Waals surface area contributed by atoms with Crippen LogP contribution in [0.25, 0.3) is 0 Å². The summed E-state index contributed by atoms with van der Waals surface area (Å²) in [6, 6.07) is 0. The molecule has 0 aliphatic heterocycles. The van der Waals surface area contributed by atoms with E-state index in [2.05, 4.69) is 12.2 Å². The van der Waals surface area contributed by atoms with Gasteiger partial charge in [0.05, 0.1) is 0 Å². The van der Waals surface area contributed by atoms with Gasteiger partial charge in [0, 0.05) is 0 Å². The van der Waals surface area contributed by atoms with Gasteiger partial charge in [-0.1, -0.05) is 179 Å².